The Morgan fingerprint density at radius 1 is 1.36 bits per heavy atom. The number of amides is 2. The SMILES string of the molecule is CN(CCC(=O)O)C(=O)NC(c1cccc(F)c1)C(C)(C)C. The molecule has 122 valence electrons. The second kappa shape index (κ2) is 7.24. The summed E-state index contributed by atoms with van der Waals surface area (Å²) in [6, 6.07) is 5.34. The molecule has 0 aliphatic carbocycles. The van der Waals surface area contributed by atoms with Gasteiger partial charge in [-0.05, 0) is 23.1 Å². The molecule has 1 rings (SSSR count). The number of nitrogens with one attached hydrogen (secondary N) is 1. The van der Waals surface area contributed by atoms with Crippen molar-refractivity contribution in [1.82, 2.24) is 10.2 Å². The zero-order valence-electron chi connectivity index (χ0n) is 13.4. The van der Waals surface area contributed by atoms with Gasteiger partial charge in [-0.2, -0.15) is 0 Å². The van der Waals surface area contributed by atoms with Crippen molar-refractivity contribution in [1.29, 1.82) is 0 Å². The molecule has 1 atom stereocenters. The van der Waals surface area contributed by atoms with E-state index in [1.807, 2.05) is 20.8 Å². The molecule has 0 saturated carbocycles. The van der Waals surface area contributed by atoms with Crippen LogP contribution in [0.1, 0.15) is 38.8 Å². The van der Waals surface area contributed by atoms with Gasteiger partial charge >= 0.3 is 12.0 Å². The van der Waals surface area contributed by atoms with Crippen molar-refractivity contribution >= 4 is 12.0 Å². The van der Waals surface area contributed by atoms with Crippen LogP contribution >= 0.6 is 0 Å². The van der Waals surface area contributed by atoms with Crippen LogP contribution in [-0.2, 0) is 4.79 Å². The van der Waals surface area contributed by atoms with E-state index in [4.69, 9.17) is 5.11 Å². The van der Waals surface area contributed by atoms with Crippen molar-refractivity contribution in [2.75, 3.05) is 13.6 Å². The minimum Gasteiger partial charge on any atom is -0.481 e. The summed E-state index contributed by atoms with van der Waals surface area (Å²) in [6.45, 7) is 5.95. The molecular formula is C16H23FN2O3. The molecule has 5 nitrogen and oxygen atoms in total. The first kappa shape index (κ1) is 17.9. The molecule has 1 aromatic rings. The van der Waals surface area contributed by atoms with Crippen LogP contribution < -0.4 is 5.32 Å². The van der Waals surface area contributed by atoms with E-state index < -0.39 is 5.97 Å². The number of carboxylic acids is 1. The lowest BCUT2D eigenvalue weighted by atomic mass is 9.82. The first-order valence-corrected chi connectivity index (χ1v) is 7.10. The highest BCUT2D eigenvalue weighted by atomic mass is 19.1. The Hall–Kier alpha value is -2.11. The molecule has 0 radical (unpaired) electrons. The number of hydrogen-bond acceptors (Lipinski definition) is 2. The fourth-order valence-electron chi connectivity index (χ4n) is 2.08. The Morgan fingerprint density at radius 3 is 2.50 bits per heavy atom. The van der Waals surface area contributed by atoms with Crippen LogP contribution in [-0.4, -0.2) is 35.6 Å². The van der Waals surface area contributed by atoms with Crippen LogP contribution in [0.4, 0.5) is 9.18 Å². The number of nitrogens with zero attached hydrogens (tertiary/aromatic N) is 1. The van der Waals surface area contributed by atoms with Crippen LogP contribution in [0.3, 0.4) is 0 Å². The first-order valence-electron chi connectivity index (χ1n) is 7.10. The monoisotopic (exact) mass is 310 g/mol. The molecule has 0 heterocycles. The van der Waals surface area contributed by atoms with Crippen LogP contribution in [0.25, 0.3) is 0 Å². The highest BCUT2D eigenvalue weighted by molar-refractivity contribution is 5.75. The largest absolute Gasteiger partial charge is 0.481 e. The number of carboxylic acid groups (broad SMARTS) is 1. The Kier molecular flexibility index (Phi) is 5.91. The number of carbonyl (C=O) groups excluding carboxylic acids is 1. The number of aliphatic carboxylic acids is 1. The van der Waals surface area contributed by atoms with E-state index in [1.165, 1.54) is 24.1 Å². The van der Waals surface area contributed by atoms with Gasteiger partial charge in [0.15, 0.2) is 0 Å². The van der Waals surface area contributed by atoms with E-state index in [2.05, 4.69) is 5.32 Å². The number of hydrogen-bond donors (Lipinski definition) is 2. The van der Waals surface area contributed by atoms with Crippen molar-refractivity contribution in [3.63, 3.8) is 0 Å². The first-order chi connectivity index (χ1) is 10.1. The zero-order chi connectivity index (χ0) is 16.9. The number of urea groups is 1. The van der Waals surface area contributed by atoms with Gasteiger partial charge in [-0.3, -0.25) is 4.79 Å². The van der Waals surface area contributed by atoms with Gasteiger partial charge in [0.1, 0.15) is 5.82 Å². The fourth-order valence-corrected chi connectivity index (χ4v) is 2.08. The van der Waals surface area contributed by atoms with Crippen molar-refractivity contribution < 1.29 is 19.1 Å². The second-order valence-electron chi connectivity index (χ2n) is 6.37. The van der Waals surface area contributed by atoms with Crippen LogP contribution in [0.2, 0.25) is 0 Å². The van der Waals surface area contributed by atoms with Gasteiger partial charge in [0.2, 0.25) is 0 Å². The van der Waals surface area contributed by atoms with Crippen molar-refractivity contribution in [3.05, 3.63) is 35.6 Å². The molecule has 2 amide bonds. The number of halogens is 1. The molecule has 1 unspecified atom stereocenters. The summed E-state index contributed by atoms with van der Waals surface area (Å²) in [5.74, 6) is -1.32. The second-order valence-corrected chi connectivity index (χ2v) is 6.37. The Morgan fingerprint density at radius 2 is 2.00 bits per heavy atom. The Bertz CT molecular complexity index is 540. The molecule has 0 saturated heterocycles. The summed E-state index contributed by atoms with van der Waals surface area (Å²) in [7, 11) is 1.53. The average Bonchev–Trinajstić information content (AvgIpc) is 2.40. The van der Waals surface area contributed by atoms with Crippen molar-refractivity contribution in [2.45, 2.75) is 33.2 Å². The van der Waals surface area contributed by atoms with Gasteiger partial charge in [-0.1, -0.05) is 32.9 Å². The Labute approximate surface area is 130 Å². The van der Waals surface area contributed by atoms with E-state index in [0.717, 1.165) is 0 Å². The topological polar surface area (TPSA) is 69.6 Å². The zero-order valence-corrected chi connectivity index (χ0v) is 13.4. The molecule has 22 heavy (non-hydrogen) atoms. The predicted molar refractivity (Wildman–Crippen MR) is 82.0 cm³/mol. The molecular weight excluding hydrogens is 287 g/mol. The van der Waals surface area contributed by atoms with Gasteiger partial charge in [0.05, 0.1) is 12.5 Å². The lowest BCUT2D eigenvalue weighted by Gasteiger charge is -2.33. The van der Waals surface area contributed by atoms with E-state index in [0.29, 0.717) is 5.56 Å². The summed E-state index contributed by atoms with van der Waals surface area (Å²) in [5, 5.41) is 11.5. The lowest BCUT2D eigenvalue weighted by molar-refractivity contribution is -0.137. The minimum atomic E-state index is -0.961. The third-order valence-electron chi connectivity index (χ3n) is 3.32. The molecule has 0 aliphatic rings. The molecule has 0 fully saturated rings. The van der Waals surface area contributed by atoms with Crippen molar-refractivity contribution in [3.8, 4) is 0 Å². The summed E-state index contributed by atoms with van der Waals surface area (Å²) in [6.07, 6.45) is -0.121. The van der Waals surface area contributed by atoms with Crippen LogP contribution in [0.15, 0.2) is 24.3 Å². The lowest BCUT2D eigenvalue weighted by Crippen LogP contribution is -2.44. The van der Waals surface area contributed by atoms with E-state index in [9.17, 15) is 14.0 Å². The molecule has 6 heteroatoms. The van der Waals surface area contributed by atoms with E-state index in [1.54, 1.807) is 12.1 Å². The van der Waals surface area contributed by atoms with Crippen LogP contribution in [0, 0.1) is 11.2 Å². The summed E-state index contributed by atoms with van der Waals surface area (Å²) >= 11 is 0. The average molecular weight is 310 g/mol. The third-order valence-corrected chi connectivity index (χ3v) is 3.32. The highest BCUT2D eigenvalue weighted by Gasteiger charge is 2.29. The number of carbonyl (C=O) groups is 2. The summed E-state index contributed by atoms with van der Waals surface area (Å²) in [4.78, 5) is 24.1. The summed E-state index contributed by atoms with van der Waals surface area (Å²) in [5.41, 5.74) is 0.351. The summed E-state index contributed by atoms with van der Waals surface area (Å²) < 4.78 is 13.4. The Balaban J connectivity index is 2.87. The van der Waals surface area contributed by atoms with Crippen molar-refractivity contribution in [2.24, 2.45) is 5.41 Å². The van der Waals surface area contributed by atoms with Gasteiger partial charge in [-0.25, -0.2) is 9.18 Å². The fraction of sp³-hybridized carbons (Fsp3) is 0.500. The van der Waals surface area contributed by atoms with Crippen LogP contribution in [0.5, 0.6) is 0 Å². The van der Waals surface area contributed by atoms with Gasteiger partial charge < -0.3 is 15.3 Å². The molecule has 0 aromatic heterocycles. The maximum absolute atomic E-state index is 13.4. The predicted octanol–water partition coefficient (Wildman–Crippen LogP) is 3.03. The smallest absolute Gasteiger partial charge is 0.317 e. The number of benzene rings is 1. The minimum absolute atomic E-state index is 0.112. The normalized spacial score (nSPS) is 12.6. The van der Waals surface area contributed by atoms with E-state index >= 15 is 0 Å². The maximum atomic E-state index is 13.4. The molecule has 0 aliphatic heterocycles. The third kappa shape index (κ3) is 5.35. The van der Waals surface area contributed by atoms with Gasteiger partial charge in [0, 0.05) is 13.6 Å². The molecule has 1 aromatic carbocycles. The molecule has 0 bridgehead atoms. The standard InChI is InChI=1S/C16H23FN2O3/c1-16(2,3)14(11-6-5-7-12(17)10-11)18-15(22)19(4)9-8-13(20)21/h5-7,10,14H,8-9H2,1-4H3,(H,18,22)(H,20,21). The maximum Gasteiger partial charge on any atom is 0.317 e. The highest BCUT2D eigenvalue weighted by Crippen LogP contribution is 2.33. The number of rotatable bonds is 5. The van der Waals surface area contributed by atoms with E-state index in [-0.39, 0.29) is 36.3 Å². The molecule has 2 N–H and O–H groups in total. The quantitative estimate of drug-likeness (QED) is 0.878. The molecule has 0 spiro atoms. The van der Waals surface area contributed by atoms with Gasteiger partial charge in [0.25, 0.3) is 0 Å². The van der Waals surface area contributed by atoms with Gasteiger partial charge in [-0.15, -0.1) is 0 Å².